The Labute approximate surface area is 95.8 Å². The van der Waals surface area contributed by atoms with Crippen LogP contribution in [0.3, 0.4) is 0 Å². The van der Waals surface area contributed by atoms with Gasteiger partial charge in [0.2, 0.25) is 5.91 Å². The molecular weight excluding hydrogens is 225 g/mol. The Morgan fingerprint density at radius 2 is 2.35 bits per heavy atom. The van der Waals surface area contributed by atoms with E-state index in [0.717, 1.165) is 6.08 Å². The van der Waals surface area contributed by atoms with E-state index in [4.69, 9.17) is 0 Å². The van der Waals surface area contributed by atoms with Crippen LogP contribution < -0.4 is 5.32 Å². The number of nitrogens with one attached hydrogen (secondary N) is 1. The number of benzene rings is 1. The Kier molecular flexibility index (Phi) is 2.91. The number of hydrogen-bond acceptors (Lipinski definition) is 4. The van der Waals surface area contributed by atoms with Gasteiger partial charge in [0, 0.05) is 0 Å². The van der Waals surface area contributed by atoms with Crippen LogP contribution in [0.2, 0.25) is 0 Å². The molecule has 0 aliphatic heterocycles. The lowest BCUT2D eigenvalue weighted by Gasteiger charge is -2.06. The number of nitrogens with zero attached hydrogens (tertiary/aromatic N) is 4. The van der Waals surface area contributed by atoms with Gasteiger partial charge in [-0.3, -0.25) is 4.79 Å². The SMILES string of the molecule is C=CC(=O)Nc1cc(-n2cnnn2)ccc1F. The maximum Gasteiger partial charge on any atom is 0.247 e. The molecule has 0 saturated heterocycles. The van der Waals surface area contributed by atoms with Gasteiger partial charge in [0.05, 0.1) is 11.4 Å². The lowest BCUT2D eigenvalue weighted by molar-refractivity contribution is -0.111. The molecular formula is C10H8FN5O. The van der Waals surface area contributed by atoms with Gasteiger partial charge >= 0.3 is 0 Å². The van der Waals surface area contributed by atoms with Crippen molar-refractivity contribution >= 4 is 11.6 Å². The molecule has 2 aromatic rings. The minimum Gasteiger partial charge on any atom is -0.320 e. The Bertz CT molecular complexity index is 552. The van der Waals surface area contributed by atoms with Crippen molar-refractivity contribution in [2.45, 2.75) is 0 Å². The van der Waals surface area contributed by atoms with Crippen LogP contribution in [0.15, 0.2) is 37.2 Å². The van der Waals surface area contributed by atoms with E-state index >= 15 is 0 Å². The fourth-order valence-corrected chi connectivity index (χ4v) is 1.21. The molecule has 0 aliphatic rings. The lowest BCUT2D eigenvalue weighted by Crippen LogP contribution is -2.09. The average molecular weight is 233 g/mol. The molecule has 1 amide bonds. The molecule has 6 nitrogen and oxygen atoms in total. The molecule has 0 radical (unpaired) electrons. The molecule has 0 atom stereocenters. The summed E-state index contributed by atoms with van der Waals surface area (Å²) in [4.78, 5) is 11.1. The van der Waals surface area contributed by atoms with Crippen LogP contribution in [0.4, 0.5) is 10.1 Å². The van der Waals surface area contributed by atoms with Gasteiger partial charge in [0.1, 0.15) is 12.1 Å². The van der Waals surface area contributed by atoms with Gasteiger partial charge in [0.25, 0.3) is 0 Å². The molecule has 1 N–H and O–H groups in total. The fraction of sp³-hybridized carbons (Fsp3) is 0. The summed E-state index contributed by atoms with van der Waals surface area (Å²) in [6.45, 7) is 3.29. The molecule has 0 aliphatic carbocycles. The normalized spacial score (nSPS) is 9.94. The van der Waals surface area contributed by atoms with E-state index in [-0.39, 0.29) is 5.69 Å². The van der Waals surface area contributed by atoms with E-state index in [9.17, 15) is 9.18 Å². The first-order chi connectivity index (χ1) is 8.20. The van der Waals surface area contributed by atoms with Crippen LogP contribution >= 0.6 is 0 Å². The average Bonchev–Trinajstić information content (AvgIpc) is 2.85. The van der Waals surface area contributed by atoms with Gasteiger partial charge in [-0.25, -0.2) is 9.07 Å². The quantitative estimate of drug-likeness (QED) is 0.800. The zero-order valence-corrected chi connectivity index (χ0v) is 8.67. The molecule has 0 unspecified atom stereocenters. The van der Waals surface area contributed by atoms with Crippen molar-refractivity contribution in [2.75, 3.05) is 5.32 Å². The van der Waals surface area contributed by atoms with Crippen molar-refractivity contribution in [1.82, 2.24) is 20.2 Å². The van der Waals surface area contributed by atoms with Gasteiger partial charge in [-0.2, -0.15) is 0 Å². The molecule has 7 heteroatoms. The van der Waals surface area contributed by atoms with E-state index in [0.29, 0.717) is 5.69 Å². The molecule has 0 fully saturated rings. The maximum absolute atomic E-state index is 13.4. The van der Waals surface area contributed by atoms with Crippen molar-refractivity contribution < 1.29 is 9.18 Å². The van der Waals surface area contributed by atoms with E-state index in [2.05, 4.69) is 27.4 Å². The third-order valence-electron chi connectivity index (χ3n) is 2.01. The van der Waals surface area contributed by atoms with Crippen molar-refractivity contribution in [1.29, 1.82) is 0 Å². The van der Waals surface area contributed by atoms with Crippen molar-refractivity contribution in [3.63, 3.8) is 0 Å². The monoisotopic (exact) mass is 233 g/mol. The molecule has 0 bridgehead atoms. The van der Waals surface area contributed by atoms with Crippen molar-refractivity contribution in [3.8, 4) is 5.69 Å². The third-order valence-corrected chi connectivity index (χ3v) is 2.01. The standard InChI is InChI=1S/C10H8FN5O/c1-2-10(17)13-9-5-7(3-4-8(9)11)16-6-12-14-15-16/h2-6H,1H2,(H,13,17). The number of aromatic nitrogens is 4. The predicted octanol–water partition coefficient (Wildman–Crippen LogP) is 0.926. The van der Waals surface area contributed by atoms with Crippen molar-refractivity contribution in [2.24, 2.45) is 0 Å². The molecule has 2 rings (SSSR count). The van der Waals surface area contributed by atoms with E-state index in [1.54, 1.807) is 0 Å². The number of amides is 1. The second-order valence-corrected chi connectivity index (χ2v) is 3.11. The van der Waals surface area contributed by atoms with Gasteiger partial charge in [-0.05, 0) is 34.7 Å². The first kappa shape index (κ1) is 10.9. The van der Waals surface area contributed by atoms with Crippen LogP contribution in [0.25, 0.3) is 5.69 Å². The summed E-state index contributed by atoms with van der Waals surface area (Å²) in [5.41, 5.74) is 0.582. The summed E-state index contributed by atoms with van der Waals surface area (Å²) in [6.07, 6.45) is 2.43. The molecule has 1 aromatic carbocycles. The second kappa shape index (κ2) is 4.52. The predicted molar refractivity (Wildman–Crippen MR) is 57.9 cm³/mol. The highest BCUT2D eigenvalue weighted by Crippen LogP contribution is 2.18. The highest BCUT2D eigenvalue weighted by atomic mass is 19.1. The maximum atomic E-state index is 13.4. The first-order valence-corrected chi connectivity index (χ1v) is 4.67. The van der Waals surface area contributed by atoms with Crippen LogP contribution in [0.5, 0.6) is 0 Å². The van der Waals surface area contributed by atoms with Gasteiger partial charge in [0.15, 0.2) is 0 Å². The smallest absolute Gasteiger partial charge is 0.247 e. The molecule has 1 heterocycles. The number of carbonyl (C=O) groups excluding carboxylic acids is 1. The molecule has 17 heavy (non-hydrogen) atoms. The van der Waals surface area contributed by atoms with Gasteiger partial charge in [-0.1, -0.05) is 6.58 Å². The molecule has 0 saturated carbocycles. The second-order valence-electron chi connectivity index (χ2n) is 3.11. The summed E-state index contributed by atoms with van der Waals surface area (Å²) in [6, 6.07) is 4.14. The summed E-state index contributed by atoms with van der Waals surface area (Å²) in [7, 11) is 0. The number of hydrogen-bond donors (Lipinski definition) is 1. The van der Waals surface area contributed by atoms with Gasteiger partial charge < -0.3 is 5.32 Å². The number of tetrazole rings is 1. The van der Waals surface area contributed by atoms with E-state index in [1.165, 1.54) is 29.2 Å². The summed E-state index contributed by atoms with van der Waals surface area (Å²) >= 11 is 0. The topological polar surface area (TPSA) is 72.7 Å². The number of carbonyl (C=O) groups is 1. The fourth-order valence-electron chi connectivity index (χ4n) is 1.21. The zero-order valence-electron chi connectivity index (χ0n) is 8.67. The van der Waals surface area contributed by atoms with Gasteiger partial charge in [-0.15, -0.1) is 5.10 Å². The molecule has 1 aromatic heterocycles. The largest absolute Gasteiger partial charge is 0.320 e. The zero-order chi connectivity index (χ0) is 12.3. The van der Waals surface area contributed by atoms with Crippen LogP contribution in [-0.2, 0) is 4.79 Å². The first-order valence-electron chi connectivity index (χ1n) is 4.67. The number of halogens is 1. The minimum atomic E-state index is -0.544. The molecule has 86 valence electrons. The summed E-state index contributed by atoms with van der Waals surface area (Å²) in [5, 5.41) is 12.9. The number of anilines is 1. The molecule has 0 spiro atoms. The minimum absolute atomic E-state index is 0.0444. The summed E-state index contributed by atoms with van der Waals surface area (Å²) < 4.78 is 14.7. The van der Waals surface area contributed by atoms with Crippen molar-refractivity contribution in [3.05, 3.63) is 43.0 Å². The van der Waals surface area contributed by atoms with E-state index < -0.39 is 11.7 Å². The Balaban J connectivity index is 2.36. The highest BCUT2D eigenvalue weighted by Gasteiger charge is 2.07. The van der Waals surface area contributed by atoms with E-state index in [1.807, 2.05) is 0 Å². The summed E-state index contributed by atoms with van der Waals surface area (Å²) in [5.74, 6) is -1.03. The Morgan fingerprint density at radius 1 is 1.53 bits per heavy atom. The number of rotatable bonds is 3. The third kappa shape index (κ3) is 2.33. The lowest BCUT2D eigenvalue weighted by atomic mass is 10.2. The Morgan fingerprint density at radius 3 is 3.00 bits per heavy atom. The van der Waals surface area contributed by atoms with Crippen LogP contribution in [-0.4, -0.2) is 26.1 Å². The van der Waals surface area contributed by atoms with Crippen LogP contribution in [0.1, 0.15) is 0 Å². The van der Waals surface area contributed by atoms with Crippen LogP contribution in [0, 0.1) is 5.82 Å². The Hall–Kier alpha value is -2.57. The highest BCUT2D eigenvalue weighted by molar-refractivity contribution is 5.99.